The summed E-state index contributed by atoms with van der Waals surface area (Å²) in [4.78, 5) is 0.100. The molecule has 0 spiro atoms. The predicted molar refractivity (Wildman–Crippen MR) is 104 cm³/mol. The minimum Gasteiger partial charge on any atom is -0.486 e. The van der Waals surface area contributed by atoms with Gasteiger partial charge in [0.15, 0.2) is 11.5 Å². The Kier molecular flexibility index (Phi) is 4.33. The second-order valence-electron chi connectivity index (χ2n) is 6.97. The maximum atomic E-state index is 14.7. The summed E-state index contributed by atoms with van der Waals surface area (Å²) < 4.78 is 56.3. The molecule has 2 aliphatic rings. The van der Waals surface area contributed by atoms with Crippen molar-refractivity contribution < 1.29 is 22.3 Å². The molecule has 150 valence electrons. The molecule has 5 rings (SSSR count). The number of nitrogens with zero attached hydrogens (tertiary/aromatic N) is 2. The molecular weight excluding hydrogens is 395 g/mol. The zero-order valence-electron chi connectivity index (χ0n) is 15.5. The number of hydrogen-bond donors (Lipinski definition) is 0. The van der Waals surface area contributed by atoms with Crippen LogP contribution in [0.25, 0.3) is 0 Å². The molecule has 0 unspecified atom stereocenters. The van der Waals surface area contributed by atoms with E-state index in [9.17, 15) is 12.8 Å². The zero-order chi connectivity index (χ0) is 20.0. The smallest absolute Gasteiger partial charge is 0.244 e. The molecule has 6 nitrogen and oxygen atoms in total. The molecule has 1 aromatic heterocycles. The fourth-order valence-electron chi connectivity index (χ4n) is 3.95. The van der Waals surface area contributed by atoms with E-state index in [2.05, 4.69) is 0 Å². The van der Waals surface area contributed by atoms with Crippen molar-refractivity contribution in [2.75, 3.05) is 19.8 Å². The van der Waals surface area contributed by atoms with Gasteiger partial charge in [0.25, 0.3) is 0 Å². The largest absolute Gasteiger partial charge is 0.486 e. The van der Waals surface area contributed by atoms with E-state index in [0.29, 0.717) is 36.8 Å². The summed E-state index contributed by atoms with van der Waals surface area (Å²) in [5.74, 6) is 0.489. The van der Waals surface area contributed by atoms with Crippen LogP contribution in [0, 0.1) is 5.82 Å². The maximum Gasteiger partial charge on any atom is 0.244 e. The van der Waals surface area contributed by atoms with Crippen molar-refractivity contribution in [1.82, 2.24) is 8.87 Å². The normalized spacial score (nSPS) is 19.0. The van der Waals surface area contributed by atoms with Gasteiger partial charge in [-0.3, -0.25) is 0 Å². The molecule has 3 heterocycles. The Balaban J connectivity index is 1.63. The summed E-state index contributed by atoms with van der Waals surface area (Å²) in [6.07, 6.45) is 1.89. The number of halogens is 1. The first kappa shape index (κ1) is 18.2. The van der Waals surface area contributed by atoms with Crippen LogP contribution in [0.4, 0.5) is 4.39 Å². The van der Waals surface area contributed by atoms with E-state index in [4.69, 9.17) is 9.47 Å². The van der Waals surface area contributed by atoms with Crippen LogP contribution >= 0.6 is 0 Å². The Bertz CT molecular complexity index is 1170. The van der Waals surface area contributed by atoms with Crippen LogP contribution in [0.2, 0.25) is 0 Å². The minimum absolute atomic E-state index is 0.100. The third-order valence-electron chi connectivity index (χ3n) is 5.31. The zero-order valence-corrected chi connectivity index (χ0v) is 16.3. The van der Waals surface area contributed by atoms with Gasteiger partial charge in [-0.1, -0.05) is 18.2 Å². The van der Waals surface area contributed by atoms with E-state index in [1.54, 1.807) is 24.3 Å². The van der Waals surface area contributed by atoms with E-state index in [-0.39, 0.29) is 11.4 Å². The molecule has 2 aliphatic heterocycles. The van der Waals surface area contributed by atoms with Crippen molar-refractivity contribution in [2.45, 2.75) is 17.5 Å². The quantitative estimate of drug-likeness (QED) is 0.661. The molecule has 8 heteroatoms. The van der Waals surface area contributed by atoms with Crippen LogP contribution in [0.15, 0.2) is 65.7 Å². The molecule has 0 saturated carbocycles. The monoisotopic (exact) mass is 414 g/mol. The summed E-state index contributed by atoms with van der Waals surface area (Å²) in [6, 6.07) is 13.8. The van der Waals surface area contributed by atoms with E-state index in [1.165, 1.54) is 22.5 Å². The predicted octanol–water partition coefficient (Wildman–Crippen LogP) is 3.19. The van der Waals surface area contributed by atoms with E-state index in [0.717, 1.165) is 5.69 Å². The minimum atomic E-state index is -3.91. The van der Waals surface area contributed by atoms with Crippen molar-refractivity contribution in [2.24, 2.45) is 0 Å². The van der Waals surface area contributed by atoms with E-state index in [1.807, 2.05) is 22.9 Å². The Labute approximate surface area is 168 Å². The van der Waals surface area contributed by atoms with Crippen LogP contribution in [0.3, 0.4) is 0 Å². The van der Waals surface area contributed by atoms with Crippen LogP contribution in [-0.2, 0) is 16.6 Å². The molecule has 1 atom stereocenters. The molecule has 3 aromatic rings. The van der Waals surface area contributed by atoms with Gasteiger partial charge in [-0.05, 0) is 30.3 Å². The highest BCUT2D eigenvalue weighted by molar-refractivity contribution is 7.89. The van der Waals surface area contributed by atoms with Gasteiger partial charge in [0.1, 0.15) is 19.0 Å². The van der Waals surface area contributed by atoms with Crippen molar-refractivity contribution >= 4 is 10.0 Å². The summed E-state index contributed by atoms with van der Waals surface area (Å²) in [7, 11) is -3.91. The first-order valence-electron chi connectivity index (χ1n) is 9.37. The van der Waals surface area contributed by atoms with Gasteiger partial charge in [-0.25, -0.2) is 12.8 Å². The van der Waals surface area contributed by atoms with Gasteiger partial charge in [-0.2, -0.15) is 4.31 Å². The Hall–Kier alpha value is -2.84. The molecule has 0 fully saturated rings. The van der Waals surface area contributed by atoms with Gasteiger partial charge in [-0.15, -0.1) is 0 Å². The second kappa shape index (κ2) is 6.89. The number of sulfonamides is 1. The molecule has 0 bridgehead atoms. The Morgan fingerprint density at radius 2 is 1.72 bits per heavy atom. The van der Waals surface area contributed by atoms with Gasteiger partial charge < -0.3 is 14.0 Å². The second-order valence-corrected chi connectivity index (χ2v) is 8.86. The topological polar surface area (TPSA) is 60.8 Å². The van der Waals surface area contributed by atoms with E-state index >= 15 is 0 Å². The summed E-state index contributed by atoms with van der Waals surface area (Å²) >= 11 is 0. The molecular formula is C21H19FN2O4S. The number of hydrogen-bond acceptors (Lipinski definition) is 4. The van der Waals surface area contributed by atoms with Crippen molar-refractivity contribution in [3.63, 3.8) is 0 Å². The number of ether oxygens (including phenoxy) is 2. The lowest BCUT2D eigenvalue weighted by Gasteiger charge is -2.36. The molecule has 0 aliphatic carbocycles. The van der Waals surface area contributed by atoms with Crippen molar-refractivity contribution in [3.8, 4) is 11.5 Å². The fourth-order valence-corrected chi connectivity index (χ4v) is 5.54. The lowest BCUT2D eigenvalue weighted by Crippen LogP contribution is -2.42. The lowest BCUT2D eigenvalue weighted by molar-refractivity contribution is 0.171. The third-order valence-corrected chi connectivity index (χ3v) is 7.17. The SMILES string of the molecule is O=S(=O)(c1ccc2c(c1)OCCO2)N1CCn2cccc2[C@@H]1c1ccccc1F. The molecule has 29 heavy (non-hydrogen) atoms. The first-order chi connectivity index (χ1) is 14.1. The Morgan fingerprint density at radius 3 is 2.55 bits per heavy atom. The Morgan fingerprint density at radius 1 is 0.931 bits per heavy atom. The molecule has 0 radical (unpaired) electrons. The van der Waals surface area contributed by atoms with Gasteiger partial charge in [0.2, 0.25) is 10.0 Å². The summed E-state index contributed by atoms with van der Waals surface area (Å²) in [5.41, 5.74) is 1.07. The number of benzene rings is 2. The van der Waals surface area contributed by atoms with Gasteiger partial charge in [0.05, 0.1) is 10.9 Å². The summed E-state index contributed by atoms with van der Waals surface area (Å²) in [5, 5.41) is 0. The average Bonchev–Trinajstić information content (AvgIpc) is 3.22. The average molecular weight is 414 g/mol. The van der Waals surface area contributed by atoms with Crippen molar-refractivity contribution in [1.29, 1.82) is 0 Å². The standard InChI is InChI=1S/C21H19FN2O4S/c22-17-5-2-1-4-16(17)21-18-6-3-9-23(18)10-11-24(21)29(25,26)15-7-8-19-20(14-15)28-13-12-27-19/h1-9,14,21H,10-13H2/t21-/m0/s1. The van der Waals surface area contributed by atoms with Crippen LogP contribution in [-0.4, -0.2) is 37.0 Å². The van der Waals surface area contributed by atoms with Crippen LogP contribution in [0.5, 0.6) is 11.5 Å². The third kappa shape index (κ3) is 2.99. The van der Waals surface area contributed by atoms with Crippen molar-refractivity contribution in [3.05, 3.63) is 77.9 Å². The highest BCUT2D eigenvalue weighted by atomic mass is 32.2. The van der Waals surface area contributed by atoms with Gasteiger partial charge in [0, 0.05) is 36.6 Å². The fraction of sp³-hybridized carbons (Fsp3) is 0.238. The highest BCUT2D eigenvalue weighted by Gasteiger charge is 2.39. The highest BCUT2D eigenvalue weighted by Crippen LogP contribution is 2.39. The number of aromatic nitrogens is 1. The van der Waals surface area contributed by atoms with Gasteiger partial charge >= 0.3 is 0 Å². The molecule has 0 N–H and O–H groups in total. The summed E-state index contributed by atoms with van der Waals surface area (Å²) in [6.45, 7) is 1.53. The van der Waals surface area contributed by atoms with Crippen LogP contribution in [0.1, 0.15) is 17.3 Å². The first-order valence-corrected chi connectivity index (χ1v) is 10.8. The van der Waals surface area contributed by atoms with E-state index < -0.39 is 21.9 Å². The molecule has 0 saturated heterocycles. The molecule has 2 aromatic carbocycles. The maximum absolute atomic E-state index is 14.7. The lowest BCUT2D eigenvalue weighted by atomic mass is 10.0. The number of rotatable bonds is 3. The van der Waals surface area contributed by atoms with Crippen LogP contribution < -0.4 is 9.47 Å². The molecule has 0 amide bonds. The number of fused-ring (bicyclic) bond motifs is 2.